The lowest BCUT2D eigenvalue weighted by atomic mass is 9.78. The predicted octanol–water partition coefficient (Wildman–Crippen LogP) is 4.41. The van der Waals surface area contributed by atoms with Gasteiger partial charge in [0.1, 0.15) is 5.75 Å². The molecule has 158 valence electrons. The lowest BCUT2D eigenvalue weighted by Crippen LogP contribution is -2.34. The summed E-state index contributed by atoms with van der Waals surface area (Å²) in [7, 11) is 5.31. The van der Waals surface area contributed by atoms with Crippen LogP contribution in [-0.2, 0) is 4.79 Å². The summed E-state index contributed by atoms with van der Waals surface area (Å²) in [6, 6.07) is 22.5. The number of nitrogens with zero attached hydrogens (tertiary/aromatic N) is 1. The smallest absolute Gasteiger partial charge is 0.231 e. The van der Waals surface area contributed by atoms with Crippen LogP contribution in [0.25, 0.3) is 0 Å². The van der Waals surface area contributed by atoms with E-state index >= 15 is 0 Å². The highest BCUT2D eigenvalue weighted by Crippen LogP contribution is 2.54. The molecule has 0 N–H and O–H groups in total. The molecule has 0 saturated heterocycles. The summed E-state index contributed by atoms with van der Waals surface area (Å²) in [6.07, 6.45) is 0. The highest BCUT2D eigenvalue weighted by Gasteiger charge is 2.46. The van der Waals surface area contributed by atoms with Gasteiger partial charge in [-0.25, -0.2) is 0 Å². The Balaban J connectivity index is 1.68. The maximum absolute atomic E-state index is 13.6. The van der Waals surface area contributed by atoms with E-state index in [0.717, 1.165) is 28.4 Å². The van der Waals surface area contributed by atoms with Gasteiger partial charge in [-0.2, -0.15) is 0 Å². The molecule has 3 aromatic carbocycles. The fraction of sp³-hybridized carbons (Fsp3) is 0.269. The van der Waals surface area contributed by atoms with E-state index in [1.165, 1.54) is 11.1 Å². The van der Waals surface area contributed by atoms with Crippen LogP contribution < -0.4 is 14.2 Å². The summed E-state index contributed by atoms with van der Waals surface area (Å²) in [5.74, 6) is 2.01. The first-order chi connectivity index (χ1) is 15.1. The van der Waals surface area contributed by atoms with Crippen molar-refractivity contribution in [2.75, 3.05) is 28.0 Å². The molecule has 0 radical (unpaired) electrons. The summed E-state index contributed by atoms with van der Waals surface area (Å²) in [5.41, 5.74) is 4.54. The zero-order valence-electron chi connectivity index (χ0n) is 17.9. The first-order valence-electron chi connectivity index (χ1n) is 10.4. The molecule has 1 aliphatic heterocycles. The van der Waals surface area contributed by atoms with E-state index < -0.39 is 0 Å². The van der Waals surface area contributed by atoms with E-state index in [-0.39, 0.29) is 30.5 Å². The minimum atomic E-state index is -0.263. The fourth-order valence-electron chi connectivity index (χ4n) is 4.93. The van der Waals surface area contributed by atoms with E-state index in [1.54, 1.807) is 12.0 Å². The van der Waals surface area contributed by atoms with Gasteiger partial charge in [-0.05, 0) is 46.5 Å². The van der Waals surface area contributed by atoms with Crippen molar-refractivity contribution in [2.24, 2.45) is 5.92 Å². The van der Waals surface area contributed by atoms with Gasteiger partial charge >= 0.3 is 0 Å². The third-order valence-corrected chi connectivity index (χ3v) is 6.34. The Morgan fingerprint density at radius 3 is 2.13 bits per heavy atom. The minimum Gasteiger partial charge on any atom is -0.497 e. The number of amides is 1. The maximum Gasteiger partial charge on any atom is 0.231 e. The van der Waals surface area contributed by atoms with E-state index in [9.17, 15) is 4.79 Å². The first-order valence-corrected chi connectivity index (χ1v) is 10.4. The molecular formula is C26H25NO4. The van der Waals surface area contributed by atoms with Gasteiger partial charge in [-0.1, -0.05) is 42.5 Å². The second-order valence-electron chi connectivity index (χ2n) is 8.23. The number of carbonyl (C=O) groups is 1. The van der Waals surface area contributed by atoms with Crippen LogP contribution in [0, 0.1) is 5.92 Å². The highest BCUT2D eigenvalue weighted by atomic mass is 16.7. The SMILES string of the molecule is COc1ccc([C@H]2c3ccccc3[C@@H](c3ccc4c(c3)OCO4)[C@@H]2C(=O)N(C)C)cc1. The second-order valence-corrected chi connectivity index (χ2v) is 8.23. The molecular weight excluding hydrogens is 390 g/mol. The Kier molecular flexibility index (Phi) is 4.81. The van der Waals surface area contributed by atoms with Gasteiger partial charge in [0.05, 0.1) is 13.0 Å². The third kappa shape index (κ3) is 3.21. The maximum atomic E-state index is 13.6. The van der Waals surface area contributed by atoms with Crippen molar-refractivity contribution in [3.8, 4) is 17.2 Å². The fourth-order valence-corrected chi connectivity index (χ4v) is 4.93. The molecule has 0 fully saturated rings. The molecule has 0 spiro atoms. The number of hydrogen-bond acceptors (Lipinski definition) is 4. The van der Waals surface area contributed by atoms with E-state index in [1.807, 2.05) is 44.4 Å². The topological polar surface area (TPSA) is 48.0 Å². The van der Waals surface area contributed by atoms with Crippen LogP contribution in [0.1, 0.15) is 34.1 Å². The first kappa shape index (κ1) is 19.5. The Labute approximate surface area is 182 Å². The van der Waals surface area contributed by atoms with Crippen LogP contribution in [0.5, 0.6) is 17.2 Å². The minimum absolute atomic E-state index is 0.0487. The molecule has 5 nitrogen and oxygen atoms in total. The molecule has 5 heteroatoms. The van der Waals surface area contributed by atoms with Gasteiger partial charge < -0.3 is 19.1 Å². The number of carbonyl (C=O) groups excluding carboxylic acids is 1. The highest BCUT2D eigenvalue weighted by molar-refractivity contribution is 5.84. The third-order valence-electron chi connectivity index (χ3n) is 6.34. The van der Waals surface area contributed by atoms with Crippen LogP contribution in [0.4, 0.5) is 0 Å². The molecule has 5 rings (SSSR count). The number of hydrogen-bond donors (Lipinski definition) is 0. The van der Waals surface area contributed by atoms with Crippen molar-refractivity contribution >= 4 is 5.91 Å². The number of benzene rings is 3. The summed E-state index contributed by atoms with van der Waals surface area (Å²) >= 11 is 0. The second kappa shape index (κ2) is 7.65. The zero-order chi connectivity index (χ0) is 21.5. The van der Waals surface area contributed by atoms with Crippen molar-refractivity contribution in [1.82, 2.24) is 4.90 Å². The summed E-state index contributed by atoms with van der Waals surface area (Å²) in [6.45, 7) is 0.231. The lowest BCUT2D eigenvalue weighted by Gasteiger charge is -2.28. The Morgan fingerprint density at radius 2 is 1.48 bits per heavy atom. The Hall–Kier alpha value is -3.47. The average molecular weight is 415 g/mol. The molecule has 3 atom stereocenters. The number of methoxy groups -OCH3 is 1. The average Bonchev–Trinajstić information content (AvgIpc) is 3.40. The largest absolute Gasteiger partial charge is 0.497 e. The number of ether oxygens (including phenoxy) is 3. The van der Waals surface area contributed by atoms with Gasteiger partial charge in [-0.15, -0.1) is 0 Å². The molecule has 0 aromatic heterocycles. The monoisotopic (exact) mass is 415 g/mol. The van der Waals surface area contributed by atoms with E-state index in [0.29, 0.717) is 0 Å². The van der Waals surface area contributed by atoms with Gasteiger partial charge in [0.25, 0.3) is 0 Å². The summed E-state index contributed by atoms with van der Waals surface area (Å²) in [4.78, 5) is 15.3. The Morgan fingerprint density at radius 1 is 0.871 bits per heavy atom. The Bertz CT molecular complexity index is 1120. The number of rotatable bonds is 4. The molecule has 1 amide bonds. The van der Waals surface area contributed by atoms with Crippen LogP contribution in [0.2, 0.25) is 0 Å². The predicted molar refractivity (Wildman–Crippen MR) is 118 cm³/mol. The molecule has 2 aliphatic rings. The van der Waals surface area contributed by atoms with Crippen molar-refractivity contribution in [1.29, 1.82) is 0 Å². The van der Waals surface area contributed by atoms with Crippen molar-refractivity contribution < 1.29 is 19.0 Å². The molecule has 0 saturated carbocycles. The molecule has 1 heterocycles. The molecule has 31 heavy (non-hydrogen) atoms. The lowest BCUT2D eigenvalue weighted by molar-refractivity contribution is -0.133. The van der Waals surface area contributed by atoms with Crippen LogP contribution in [-0.4, -0.2) is 38.8 Å². The van der Waals surface area contributed by atoms with Crippen LogP contribution in [0.3, 0.4) is 0 Å². The zero-order valence-corrected chi connectivity index (χ0v) is 17.9. The standard InChI is InChI=1S/C26H25NO4/c1-27(2)26(28)25-23(16-8-11-18(29-3)12-9-16)19-6-4-5-7-20(19)24(25)17-10-13-21-22(14-17)31-15-30-21/h4-14,23-25H,15H2,1-3H3/t23-,24+,25+/m0/s1. The van der Waals surface area contributed by atoms with Gasteiger partial charge in [-0.3, -0.25) is 4.79 Å². The van der Waals surface area contributed by atoms with Crippen LogP contribution in [0.15, 0.2) is 66.7 Å². The van der Waals surface area contributed by atoms with Crippen molar-refractivity contribution in [2.45, 2.75) is 11.8 Å². The van der Waals surface area contributed by atoms with E-state index in [2.05, 4.69) is 36.4 Å². The molecule has 0 unspecified atom stereocenters. The van der Waals surface area contributed by atoms with Gasteiger partial charge in [0.2, 0.25) is 12.7 Å². The van der Waals surface area contributed by atoms with Crippen LogP contribution >= 0.6 is 0 Å². The van der Waals surface area contributed by atoms with Crippen molar-refractivity contribution in [3.05, 3.63) is 89.0 Å². The van der Waals surface area contributed by atoms with Gasteiger partial charge in [0.15, 0.2) is 11.5 Å². The quantitative estimate of drug-likeness (QED) is 0.634. The normalized spacial score (nSPS) is 20.9. The van der Waals surface area contributed by atoms with E-state index in [4.69, 9.17) is 14.2 Å². The molecule has 1 aliphatic carbocycles. The summed E-state index contributed by atoms with van der Waals surface area (Å²) in [5, 5.41) is 0. The van der Waals surface area contributed by atoms with Gasteiger partial charge in [0, 0.05) is 25.9 Å². The summed E-state index contributed by atoms with van der Waals surface area (Å²) < 4.78 is 16.5. The van der Waals surface area contributed by atoms with Crippen molar-refractivity contribution in [3.63, 3.8) is 0 Å². The molecule has 0 bridgehead atoms. The molecule has 3 aromatic rings. The number of fused-ring (bicyclic) bond motifs is 2.